The second kappa shape index (κ2) is 28.4. The Morgan fingerprint density at radius 2 is 1.28 bits per heavy atom. The van der Waals surface area contributed by atoms with Crippen molar-refractivity contribution in [1.82, 2.24) is 59.7 Å². The van der Waals surface area contributed by atoms with Gasteiger partial charge in [0.2, 0.25) is 29.7 Å². The Morgan fingerprint density at radius 1 is 0.760 bits per heavy atom. The number of anilines is 3. The summed E-state index contributed by atoms with van der Waals surface area (Å²) in [6.07, 6.45) is 10.6. The van der Waals surface area contributed by atoms with Crippen LogP contribution < -0.4 is 39.0 Å². The number of carbonyl (C=O) groups is 3. The molecule has 2 fully saturated rings. The van der Waals surface area contributed by atoms with E-state index in [2.05, 4.69) is 56.8 Å². The molecular formula is C50H73ClN17O7-. The molecule has 7 rings (SSSR count). The van der Waals surface area contributed by atoms with E-state index in [0.29, 0.717) is 128 Å². The molecule has 2 amide bonds. The first-order chi connectivity index (χ1) is 35.9. The zero-order valence-corrected chi connectivity index (χ0v) is 44.2. The molecule has 6 atom stereocenters. The van der Waals surface area contributed by atoms with Gasteiger partial charge in [-0.1, -0.05) is 75.1 Å². The molecule has 2 aliphatic rings. The van der Waals surface area contributed by atoms with Crippen LogP contribution in [0, 0.1) is 24.2 Å². The van der Waals surface area contributed by atoms with Crippen LogP contribution in [-0.4, -0.2) is 181 Å². The van der Waals surface area contributed by atoms with Crippen molar-refractivity contribution in [2.45, 2.75) is 84.0 Å². The minimum atomic E-state index is -1.01. The molecule has 6 unspecified atom stereocenters. The number of nitrogens with two attached hydrogens (primary N) is 2. The van der Waals surface area contributed by atoms with Crippen molar-refractivity contribution in [1.29, 1.82) is 0 Å². The molecule has 0 saturated carbocycles. The number of aromatic nitrogens is 10. The van der Waals surface area contributed by atoms with E-state index in [1.54, 1.807) is 15.8 Å². The Morgan fingerprint density at radius 3 is 1.81 bits per heavy atom. The molecule has 0 aliphatic carbocycles. The van der Waals surface area contributed by atoms with Crippen molar-refractivity contribution in [2.75, 3.05) is 114 Å². The summed E-state index contributed by atoms with van der Waals surface area (Å²) in [5.74, 6) is 2.58. The Balaban J connectivity index is 0.00000914. The molecular weight excluding hydrogens is 986 g/mol. The van der Waals surface area contributed by atoms with E-state index in [9.17, 15) is 19.5 Å². The van der Waals surface area contributed by atoms with Crippen molar-refractivity contribution in [3.63, 3.8) is 0 Å². The number of nitrogens with zero attached hydrogens (tertiary/aromatic N) is 13. The number of carbonyl (C=O) groups excluding carboxylic acids is 2. The monoisotopic (exact) mass is 1060 g/mol. The van der Waals surface area contributed by atoms with E-state index in [0.717, 1.165) is 29.4 Å². The first kappa shape index (κ1) is 57.8. The van der Waals surface area contributed by atoms with Crippen LogP contribution in [-0.2, 0) is 35.0 Å². The van der Waals surface area contributed by atoms with E-state index < -0.39 is 18.1 Å². The molecule has 2 saturated heterocycles. The third-order valence-corrected chi connectivity index (χ3v) is 13.9. The van der Waals surface area contributed by atoms with Crippen molar-refractivity contribution < 1.29 is 46.1 Å². The molecule has 5 aromatic rings. The molecule has 24 nitrogen and oxygen atoms in total. The molecule has 7 N–H and O–H groups in total. The lowest BCUT2D eigenvalue weighted by Gasteiger charge is -2.38. The third kappa shape index (κ3) is 15.5. The SMILES string of the molecule is C#CCOCCOCCOCCNc1nc(N2CCN(C(=O)C(CCC(=O)O)n3cc(C(N)C(C)CC)nn3)CC2)nc(N2CCN(C(=O)C(Cc3cc4ccccc4[nH]3)n3cc(C(N)C(C)CC)nn3)CC2)n1.[Cl-]. The van der Waals surface area contributed by atoms with E-state index in [1.165, 1.54) is 4.68 Å². The maximum absolute atomic E-state index is 14.7. The average Bonchev–Trinajstić information content (AvgIpc) is 4.22. The summed E-state index contributed by atoms with van der Waals surface area (Å²) in [4.78, 5) is 66.3. The fourth-order valence-corrected chi connectivity index (χ4v) is 8.85. The van der Waals surface area contributed by atoms with Crippen LogP contribution in [0.4, 0.5) is 17.8 Å². The molecule has 0 bridgehead atoms. The number of carboxylic acid groups (broad SMARTS) is 1. The molecule has 408 valence electrons. The van der Waals surface area contributed by atoms with E-state index in [4.69, 9.17) is 47.1 Å². The van der Waals surface area contributed by atoms with Crippen molar-refractivity contribution in [2.24, 2.45) is 23.3 Å². The van der Waals surface area contributed by atoms with Gasteiger partial charge in [0.1, 0.15) is 18.7 Å². The summed E-state index contributed by atoms with van der Waals surface area (Å²) in [7, 11) is 0. The quantitative estimate of drug-likeness (QED) is 0.0315. The van der Waals surface area contributed by atoms with Gasteiger partial charge in [-0.2, -0.15) is 15.0 Å². The minimum absolute atomic E-state index is 0. The number of fused-ring (bicyclic) bond motifs is 1. The number of rotatable bonds is 28. The molecule has 25 heteroatoms. The Kier molecular flexibility index (Phi) is 21.9. The second-order valence-corrected chi connectivity index (χ2v) is 18.9. The van der Waals surface area contributed by atoms with Gasteiger partial charge in [-0.25, -0.2) is 9.36 Å². The molecule has 4 aromatic heterocycles. The normalized spacial score (nSPS) is 16.4. The molecule has 6 heterocycles. The van der Waals surface area contributed by atoms with Crippen LogP contribution in [0.15, 0.2) is 42.7 Å². The number of halogens is 1. The Labute approximate surface area is 444 Å². The number of aromatic amines is 1. The minimum Gasteiger partial charge on any atom is -1.00 e. The van der Waals surface area contributed by atoms with Gasteiger partial charge in [0, 0.05) is 83.0 Å². The van der Waals surface area contributed by atoms with Crippen LogP contribution in [0.2, 0.25) is 0 Å². The number of nitrogens with one attached hydrogen (secondary N) is 2. The molecule has 2 aliphatic heterocycles. The first-order valence-corrected chi connectivity index (χ1v) is 25.7. The zero-order valence-electron chi connectivity index (χ0n) is 43.5. The van der Waals surface area contributed by atoms with Crippen molar-refractivity contribution in [3.05, 3.63) is 59.8 Å². The Hall–Kier alpha value is -6.49. The average molecular weight is 1060 g/mol. The molecule has 0 radical (unpaired) electrons. The van der Waals surface area contributed by atoms with Gasteiger partial charge >= 0.3 is 5.97 Å². The van der Waals surface area contributed by atoms with Gasteiger partial charge in [0.15, 0.2) is 0 Å². The molecule has 75 heavy (non-hydrogen) atoms. The number of carboxylic acids is 1. The van der Waals surface area contributed by atoms with E-state index >= 15 is 0 Å². The maximum atomic E-state index is 14.7. The lowest BCUT2D eigenvalue weighted by molar-refractivity contribution is -0.139. The van der Waals surface area contributed by atoms with Crippen LogP contribution in [0.3, 0.4) is 0 Å². The predicted octanol–water partition coefficient (Wildman–Crippen LogP) is -0.386. The van der Waals surface area contributed by atoms with Crippen molar-refractivity contribution in [3.8, 4) is 12.3 Å². The van der Waals surface area contributed by atoms with Gasteiger partial charge in [-0.15, -0.1) is 16.6 Å². The highest BCUT2D eigenvalue weighted by molar-refractivity contribution is 5.83. The smallest absolute Gasteiger partial charge is 0.303 e. The Bertz CT molecular complexity index is 2590. The highest BCUT2D eigenvalue weighted by Gasteiger charge is 2.34. The van der Waals surface area contributed by atoms with Gasteiger partial charge in [0.05, 0.1) is 68.9 Å². The summed E-state index contributed by atoms with van der Waals surface area (Å²) in [5.41, 5.74) is 16.1. The number of hydrogen-bond donors (Lipinski definition) is 5. The summed E-state index contributed by atoms with van der Waals surface area (Å²) in [6.45, 7) is 13.9. The van der Waals surface area contributed by atoms with Gasteiger partial charge in [-0.05, 0) is 35.8 Å². The number of ether oxygens (including phenoxy) is 3. The largest absolute Gasteiger partial charge is 1.00 e. The lowest BCUT2D eigenvalue weighted by Crippen LogP contribution is -3.00. The summed E-state index contributed by atoms with van der Waals surface area (Å²) < 4.78 is 19.7. The summed E-state index contributed by atoms with van der Waals surface area (Å²) in [6, 6.07) is 7.83. The van der Waals surface area contributed by atoms with Crippen molar-refractivity contribution >= 4 is 46.5 Å². The van der Waals surface area contributed by atoms with Crippen LogP contribution >= 0.6 is 0 Å². The van der Waals surface area contributed by atoms with Crippen LogP contribution in [0.1, 0.15) is 94.6 Å². The zero-order chi connectivity index (χ0) is 52.6. The maximum Gasteiger partial charge on any atom is 0.303 e. The summed E-state index contributed by atoms with van der Waals surface area (Å²) in [5, 5.41) is 31.4. The standard InChI is InChI=1S/C50H73N17O7.ClH/c1-6-24-72-26-28-74-29-27-73-25-15-53-48-55-49(64-20-16-62(17-21-64)46(70)41(13-14-43(68)69)66-32-39(58-60-66)44(51)34(4)7-2)57-50(56-48)65-22-18-63(19-23-65)47(71)42(31-37-30-36-11-9-10-12-38(36)54-37)67-33-40(59-61-67)45(52)35(5)8-3;/h1,9-12,30,32-35,41-42,44-45,54H,7-8,13-29,31,51-52H2,2-5H3,(H,68,69)(H,53,55,56,57);1H/p-1. The topological polar surface area (TPSA) is 292 Å². The first-order valence-electron chi connectivity index (χ1n) is 25.7. The fraction of sp³-hybridized carbons (Fsp3) is 0.600. The lowest BCUT2D eigenvalue weighted by atomic mass is 9.98. The second-order valence-electron chi connectivity index (χ2n) is 18.9. The van der Waals surface area contributed by atoms with E-state index in [-0.39, 0.29) is 67.6 Å². The number of terminal acetylenes is 1. The van der Waals surface area contributed by atoms with Crippen LogP contribution in [0.25, 0.3) is 10.9 Å². The van der Waals surface area contributed by atoms with Gasteiger partial charge in [0.25, 0.3) is 0 Å². The third-order valence-electron chi connectivity index (χ3n) is 13.9. The highest BCUT2D eigenvalue weighted by Crippen LogP contribution is 2.28. The van der Waals surface area contributed by atoms with Crippen LogP contribution in [0.5, 0.6) is 0 Å². The number of piperazine rings is 2. The number of aliphatic carboxylic acids is 1. The highest BCUT2D eigenvalue weighted by atomic mass is 35.5. The fourth-order valence-electron chi connectivity index (χ4n) is 8.85. The van der Waals surface area contributed by atoms with E-state index in [1.807, 2.05) is 59.0 Å². The number of hydrogen-bond acceptors (Lipinski definition) is 18. The van der Waals surface area contributed by atoms with Gasteiger partial charge in [-0.3, -0.25) is 14.4 Å². The predicted molar refractivity (Wildman–Crippen MR) is 277 cm³/mol. The van der Waals surface area contributed by atoms with Gasteiger partial charge < -0.3 is 73.1 Å². The molecule has 0 spiro atoms. The number of H-pyrrole nitrogens is 1. The summed E-state index contributed by atoms with van der Waals surface area (Å²) >= 11 is 0. The number of amides is 2. The number of para-hydroxylation sites is 1. The molecule has 1 aromatic carbocycles. The number of benzene rings is 1.